The third-order valence-corrected chi connectivity index (χ3v) is 3.18. The minimum Gasteiger partial charge on any atom is -0.394 e. The van der Waals surface area contributed by atoms with E-state index in [4.69, 9.17) is 61.3 Å². The molecular weight excluding hydrogens is 500 g/mol. The average molecular weight is 561 g/mol. The van der Waals surface area contributed by atoms with Gasteiger partial charge in [-0.1, -0.05) is 58.3 Å². The average Bonchev–Trinajstić information content (AvgIpc) is 2.95. The van der Waals surface area contributed by atoms with Crippen molar-refractivity contribution in [2.24, 2.45) is 0 Å². The number of aliphatic hydroxyl groups excluding tert-OH is 12. The van der Waals surface area contributed by atoms with Crippen LogP contribution in [0.3, 0.4) is 0 Å². The van der Waals surface area contributed by atoms with Crippen LogP contribution < -0.4 is 0 Å². The van der Waals surface area contributed by atoms with E-state index in [-0.39, 0.29) is 79.3 Å². The molecule has 0 heterocycles. The molecule has 0 atom stereocenters. The molecular formula is C23H60O12S. The van der Waals surface area contributed by atoms with Crippen molar-refractivity contribution in [2.45, 2.75) is 64.7 Å². The van der Waals surface area contributed by atoms with Crippen molar-refractivity contribution in [3.05, 3.63) is 0 Å². The van der Waals surface area contributed by atoms with E-state index in [1.807, 2.05) is 0 Å². The van der Waals surface area contributed by atoms with Crippen LogP contribution in [0.5, 0.6) is 0 Å². The molecule has 0 aliphatic heterocycles. The highest BCUT2D eigenvalue weighted by Crippen LogP contribution is 2.09. The smallest absolute Gasteiger partial charge is 0.0662 e. The van der Waals surface area contributed by atoms with E-state index in [1.165, 1.54) is 57.8 Å². The summed E-state index contributed by atoms with van der Waals surface area (Å²) < 4.78 is 0. The topological polar surface area (TPSA) is 243 Å². The minimum absolute atomic E-state index is 0.125. The van der Waals surface area contributed by atoms with Crippen LogP contribution in [0.25, 0.3) is 0 Å². The predicted octanol–water partition coefficient (Wildman–Crippen LogP) is -1.73. The first-order chi connectivity index (χ1) is 17.4. The summed E-state index contributed by atoms with van der Waals surface area (Å²) in [4.78, 5) is 0. The van der Waals surface area contributed by atoms with Gasteiger partial charge in [0, 0.05) is 0 Å². The van der Waals surface area contributed by atoms with Gasteiger partial charge in [-0.3, -0.25) is 0 Å². The van der Waals surface area contributed by atoms with E-state index in [0.717, 1.165) is 5.75 Å². The van der Waals surface area contributed by atoms with Gasteiger partial charge in [-0.2, -0.15) is 12.6 Å². The van der Waals surface area contributed by atoms with Gasteiger partial charge in [0.15, 0.2) is 0 Å². The molecule has 36 heavy (non-hydrogen) atoms. The lowest BCUT2D eigenvalue weighted by molar-refractivity contribution is 0.186. The summed E-state index contributed by atoms with van der Waals surface area (Å²) in [5.41, 5.74) is 0. The van der Waals surface area contributed by atoms with Crippen LogP contribution in [0.15, 0.2) is 0 Å². The Kier molecular flexibility index (Phi) is 122. The molecule has 0 spiro atoms. The lowest BCUT2D eigenvalue weighted by atomic mass is 10.1. The summed E-state index contributed by atoms with van der Waals surface area (Å²) in [6.07, 6.45) is 12.7. The quantitative estimate of drug-likeness (QED) is 0.0789. The van der Waals surface area contributed by atoms with E-state index in [2.05, 4.69) is 19.6 Å². The Labute approximate surface area is 223 Å². The largest absolute Gasteiger partial charge is 0.394 e. The number of aliphatic hydroxyl groups is 12. The molecule has 13 heteroatoms. The first-order valence-electron chi connectivity index (χ1n) is 12.3. The van der Waals surface area contributed by atoms with E-state index in [1.54, 1.807) is 0 Å². The van der Waals surface area contributed by atoms with Gasteiger partial charge >= 0.3 is 0 Å². The summed E-state index contributed by atoms with van der Waals surface area (Å²) in [5, 5.41) is 91.5. The van der Waals surface area contributed by atoms with E-state index < -0.39 is 0 Å². The number of hydrogen-bond donors (Lipinski definition) is 13. The molecule has 0 saturated carbocycles. The molecule has 0 aromatic carbocycles. The van der Waals surface area contributed by atoms with Gasteiger partial charge in [-0.15, -0.1) is 0 Å². The monoisotopic (exact) mass is 560 g/mol. The number of hydrogen-bond acceptors (Lipinski definition) is 13. The van der Waals surface area contributed by atoms with Gasteiger partial charge in [0.2, 0.25) is 0 Å². The standard InChI is InChI=1S/C11H24S.6C2H6O2/c1-2-3-4-5-6-7-8-9-10-11-12;6*3-1-2-4/h12H,2-11H2,1H3;6*3-4H,1-2H2. The third-order valence-electron chi connectivity index (χ3n) is 2.86. The Balaban J connectivity index is -0.0000000592. The highest BCUT2D eigenvalue weighted by atomic mass is 32.1. The molecule has 230 valence electrons. The molecule has 0 unspecified atom stereocenters. The summed E-state index contributed by atoms with van der Waals surface area (Å²) >= 11 is 4.19. The van der Waals surface area contributed by atoms with Crippen molar-refractivity contribution in [2.75, 3.05) is 85.0 Å². The molecule has 0 amide bonds. The first kappa shape index (κ1) is 52.3. The van der Waals surface area contributed by atoms with Crippen molar-refractivity contribution >= 4 is 12.6 Å². The van der Waals surface area contributed by atoms with Crippen molar-refractivity contribution in [1.29, 1.82) is 0 Å². The predicted molar refractivity (Wildman–Crippen MR) is 146 cm³/mol. The molecule has 0 aromatic heterocycles. The van der Waals surface area contributed by atoms with Crippen molar-refractivity contribution in [1.82, 2.24) is 0 Å². The Hall–Kier alpha value is -0.130. The van der Waals surface area contributed by atoms with Crippen molar-refractivity contribution < 1.29 is 61.3 Å². The third kappa shape index (κ3) is 165. The lowest BCUT2D eigenvalue weighted by Crippen LogP contribution is -1.85. The van der Waals surface area contributed by atoms with Crippen molar-refractivity contribution in [3.8, 4) is 0 Å². The van der Waals surface area contributed by atoms with Crippen LogP contribution in [0.4, 0.5) is 0 Å². The molecule has 12 N–H and O–H groups in total. The summed E-state index contributed by atoms with van der Waals surface area (Å²) in [6.45, 7) is 0.771. The van der Waals surface area contributed by atoms with Crippen molar-refractivity contribution in [3.63, 3.8) is 0 Å². The number of unbranched alkanes of at least 4 members (excludes halogenated alkanes) is 8. The van der Waals surface area contributed by atoms with Crippen LogP contribution in [0.2, 0.25) is 0 Å². The van der Waals surface area contributed by atoms with Gasteiger partial charge in [-0.05, 0) is 12.2 Å². The zero-order chi connectivity index (χ0) is 29.6. The zero-order valence-corrected chi connectivity index (χ0v) is 23.3. The van der Waals surface area contributed by atoms with Crippen LogP contribution in [-0.4, -0.2) is 146 Å². The molecule has 0 saturated heterocycles. The van der Waals surface area contributed by atoms with Gasteiger partial charge in [0.05, 0.1) is 79.3 Å². The Morgan fingerprint density at radius 3 is 0.611 bits per heavy atom. The Bertz CT molecular complexity index is 182. The fraction of sp³-hybridized carbons (Fsp3) is 1.00. The van der Waals surface area contributed by atoms with E-state index in [0.29, 0.717) is 0 Å². The maximum absolute atomic E-state index is 7.62. The highest BCUT2D eigenvalue weighted by molar-refractivity contribution is 7.80. The lowest BCUT2D eigenvalue weighted by Gasteiger charge is -1.99. The second-order valence-corrected chi connectivity index (χ2v) is 6.68. The van der Waals surface area contributed by atoms with Gasteiger partial charge in [0.25, 0.3) is 0 Å². The summed E-state index contributed by atoms with van der Waals surface area (Å²) in [6, 6.07) is 0. The molecule has 0 aliphatic carbocycles. The molecule has 0 bridgehead atoms. The second kappa shape index (κ2) is 83.6. The van der Waals surface area contributed by atoms with E-state index >= 15 is 0 Å². The van der Waals surface area contributed by atoms with Gasteiger partial charge < -0.3 is 61.3 Å². The van der Waals surface area contributed by atoms with Crippen LogP contribution in [-0.2, 0) is 0 Å². The minimum atomic E-state index is -0.125. The second-order valence-electron chi connectivity index (χ2n) is 6.24. The Morgan fingerprint density at radius 2 is 0.472 bits per heavy atom. The first-order valence-corrected chi connectivity index (χ1v) is 13.0. The van der Waals surface area contributed by atoms with Crippen LogP contribution in [0, 0.1) is 0 Å². The van der Waals surface area contributed by atoms with Gasteiger partial charge in [0.1, 0.15) is 0 Å². The number of thiol groups is 1. The summed E-state index contributed by atoms with van der Waals surface area (Å²) in [7, 11) is 0. The molecule has 0 rings (SSSR count). The van der Waals surface area contributed by atoms with Crippen LogP contribution in [0.1, 0.15) is 64.7 Å². The maximum Gasteiger partial charge on any atom is 0.0662 e. The molecule has 0 aliphatic rings. The SMILES string of the molecule is CCCCCCCCCCCS.OCCO.OCCO.OCCO.OCCO.OCCO.OCCO. The molecule has 0 radical (unpaired) electrons. The highest BCUT2D eigenvalue weighted by Gasteiger charge is 1.90. The fourth-order valence-electron chi connectivity index (χ4n) is 1.42. The molecule has 0 fully saturated rings. The van der Waals surface area contributed by atoms with E-state index in [9.17, 15) is 0 Å². The zero-order valence-electron chi connectivity index (χ0n) is 22.4. The van der Waals surface area contributed by atoms with Gasteiger partial charge in [-0.25, -0.2) is 0 Å². The molecule has 0 aromatic rings. The molecule has 12 nitrogen and oxygen atoms in total. The normalized spacial score (nSPS) is 8.50. The van der Waals surface area contributed by atoms with Crippen LogP contribution >= 0.6 is 12.6 Å². The fourth-order valence-corrected chi connectivity index (χ4v) is 1.65. The summed E-state index contributed by atoms with van der Waals surface area (Å²) in [5.74, 6) is 1.07. The maximum atomic E-state index is 7.62. The number of rotatable bonds is 15. The Morgan fingerprint density at radius 1 is 0.306 bits per heavy atom.